The van der Waals surface area contributed by atoms with Crippen LogP contribution in [-0.4, -0.2) is 52.7 Å². The lowest BCUT2D eigenvalue weighted by Gasteiger charge is -2.23. The van der Waals surface area contributed by atoms with Crippen LogP contribution in [0.3, 0.4) is 0 Å². The molecular weight excluding hydrogens is 298 g/mol. The number of sulfonamides is 1. The topological polar surface area (TPSA) is 103 Å². The fraction of sp³-hybridized carbons (Fsp3) is 0.500. The van der Waals surface area contributed by atoms with Gasteiger partial charge in [0, 0.05) is 6.07 Å². The van der Waals surface area contributed by atoms with Gasteiger partial charge in [-0.1, -0.05) is 12.1 Å². The quantitative estimate of drug-likeness (QED) is 0.506. The first-order chi connectivity index (χ1) is 10.0. The highest BCUT2D eigenvalue weighted by atomic mass is 32.2. The number of morpholine rings is 1. The molecule has 21 heavy (non-hydrogen) atoms. The van der Waals surface area contributed by atoms with Gasteiger partial charge < -0.3 is 9.64 Å². The summed E-state index contributed by atoms with van der Waals surface area (Å²) in [6, 6.07) is 5.33. The Balaban J connectivity index is 2.00. The first kappa shape index (κ1) is 15.8. The Morgan fingerprint density at radius 2 is 1.95 bits per heavy atom. The zero-order valence-electron chi connectivity index (χ0n) is 11.4. The van der Waals surface area contributed by atoms with Crippen LogP contribution in [0.5, 0.6) is 0 Å². The lowest BCUT2D eigenvalue weighted by Crippen LogP contribution is -3.14. The largest absolute Gasteiger partial charge is 0.370 e. The minimum Gasteiger partial charge on any atom is -0.370 e. The van der Waals surface area contributed by atoms with Crippen LogP contribution in [0, 0.1) is 10.1 Å². The van der Waals surface area contributed by atoms with Crippen LogP contribution >= 0.6 is 0 Å². The second kappa shape index (κ2) is 6.94. The molecule has 1 saturated heterocycles. The van der Waals surface area contributed by atoms with Crippen molar-refractivity contribution in [1.82, 2.24) is 4.72 Å². The summed E-state index contributed by atoms with van der Waals surface area (Å²) in [5, 5.41) is 10.9. The summed E-state index contributed by atoms with van der Waals surface area (Å²) in [4.78, 5) is 11.1. The van der Waals surface area contributed by atoms with E-state index in [4.69, 9.17) is 4.74 Å². The summed E-state index contributed by atoms with van der Waals surface area (Å²) < 4.78 is 31.9. The number of nitrogens with zero attached hydrogens (tertiary/aromatic N) is 1. The number of nitrogens with one attached hydrogen (secondary N) is 2. The average molecular weight is 316 g/mol. The lowest BCUT2D eigenvalue weighted by atomic mass is 10.3. The fourth-order valence-corrected chi connectivity index (χ4v) is 3.39. The highest BCUT2D eigenvalue weighted by Crippen LogP contribution is 2.22. The summed E-state index contributed by atoms with van der Waals surface area (Å²) in [6.45, 7) is 3.89. The third kappa shape index (κ3) is 4.21. The van der Waals surface area contributed by atoms with Gasteiger partial charge in [0.1, 0.15) is 13.1 Å². The zero-order valence-corrected chi connectivity index (χ0v) is 12.3. The number of hydrogen-bond donors (Lipinski definition) is 2. The molecular formula is C12H18N3O5S+. The van der Waals surface area contributed by atoms with Crippen molar-refractivity contribution in [2.45, 2.75) is 4.90 Å². The number of nitro benzene ring substituents is 1. The maximum absolute atomic E-state index is 12.1. The van der Waals surface area contributed by atoms with Gasteiger partial charge in [0.2, 0.25) is 10.0 Å². The van der Waals surface area contributed by atoms with E-state index in [1.807, 2.05) is 0 Å². The van der Waals surface area contributed by atoms with E-state index < -0.39 is 20.6 Å². The highest BCUT2D eigenvalue weighted by molar-refractivity contribution is 7.89. The molecule has 2 N–H and O–H groups in total. The Labute approximate surface area is 122 Å². The Bertz CT molecular complexity index is 599. The molecule has 8 nitrogen and oxygen atoms in total. The molecule has 0 bridgehead atoms. The number of para-hydroxylation sites is 1. The Morgan fingerprint density at radius 3 is 2.62 bits per heavy atom. The number of hydrogen-bond acceptors (Lipinski definition) is 5. The minimum absolute atomic E-state index is 0.240. The van der Waals surface area contributed by atoms with Gasteiger partial charge in [-0.2, -0.15) is 0 Å². The highest BCUT2D eigenvalue weighted by Gasteiger charge is 2.25. The molecule has 1 heterocycles. The predicted molar refractivity (Wildman–Crippen MR) is 74.7 cm³/mol. The van der Waals surface area contributed by atoms with Crippen molar-refractivity contribution in [3.8, 4) is 0 Å². The van der Waals surface area contributed by atoms with Crippen LogP contribution in [0.15, 0.2) is 29.2 Å². The van der Waals surface area contributed by atoms with Gasteiger partial charge in [-0.25, -0.2) is 13.1 Å². The summed E-state index contributed by atoms with van der Waals surface area (Å²) in [5.74, 6) is 0. The van der Waals surface area contributed by atoms with E-state index >= 15 is 0 Å². The van der Waals surface area contributed by atoms with E-state index in [0.29, 0.717) is 19.8 Å². The molecule has 0 saturated carbocycles. The van der Waals surface area contributed by atoms with Crippen molar-refractivity contribution in [3.63, 3.8) is 0 Å². The Hall–Kier alpha value is -1.55. The van der Waals surface area contributed by atoms with E-state index in [1.54, 1.807) is 0 Å². The van der Waals surface area contributed by atoms with Gasteiger partial charge >= 0.3 is 0 Å². The van der Waals surface area contributed by atoms with Gasteiger partial charge in [0.15, 0.2) is 4.90 Å². The van der Waals surface area contributed by atoms with Crippen molar-refractivity contribution in [2.24, 2.45) is 0 Å². The molecule has 1 aliphatic rings. The van der Waals surface area contributed by atoms with E-state index in [2.05, 4.69) is 4.72 Å². The molecule has 1 aromatic rings. The minimum atomic E-state index is -3.87. The molecule has 0 spiro atoms. The zero-order chi connectivity index (χ0) is 15.3. The molecule has 1 fully saturated rings. The second-order valence-corrected chi connectivity index (χ2v) is 6.47. The van der Waals surface area contributed by atoms with Crippen molar-refractivity contribution in [2.75, 3.05) is 39.4 Å². The number of rotatable bonds is 6. The van der Waals surface area contributed by atoms with Crippen LogP contribution in [0.25, 0.3) is 0 Å². The SMILES string of the molecule is O=[N+]([O-])c1ccccc1S(=O)(=O)NCC[NH+]1CCOCC1. The molecule has 1 aliphatic heterocycles. The van der Waals surface area contributed by atoms with Gasteiger partial charge in [-0.15, -0.1) is 0 Å². The van der Waals surface area contributed by atoms with Gasteiger partial charge in [-0.05, 0) is 6.07 Å². The smallest absolute Gasteiger partial charge is 0.289 e. The van der Waals surface area contributed by atoms with E-state index in [1.165, 1.54) is 29.2 Å². The maximum Gasteiger partial charge on any atom is 0.289 e. The third-order valence-corrected chi connectivity index (χ3v) is 4.83. The normalized spacial score (nSPS) is 16.8. The van der Waals surface area contributed by atoms with Crippen molar-refractivity contribution < 1.29 is 23.0 Å². The molecule has 0 unspecified atom stereocenters. The van der Waals surface area contributed by atoms with E-state index in [-0.39, 0.29) is 11.4 Å². The molecule has 0 aromatic heterocycles. The summed E-state index contributed by atoms with van der Waals surface area (Å²) in [5.41, 5.74) is -0.413. The number of ether oxygens (including phenoxy) is 1. The summed E-state index contributed by atoms with van der Waals surface area (Å²) in [7, 11) is -3.87. The molecule has 0 radical (unpaired) electrons. The van der Waals surface area contributed by atoms with Gasteiger partial charge in [0.05, 0.1) is 31.2 Å². The molecule has 9 heteroatoms. The number of quaternary nitrogens is 1. The maximum atomic E-state index is 12.1. The average Bonchev–Trinajstić information content (AvgIpc) is 2.48. The first-order valence-electron chi connectivity index (χ1n) is 6.65. The van der Waals surface area contributed by atoms with Crippen molar-refractivity contribution >= 4 is 15.7 Å². The molecule has 116 valence electrons. The van der Waals surface area contributed by atoms with E-state index in [9.17, 15) is 18.5 Å². The molecule has 0 aliphatic carbocycles. The number of benzene rings is 1. The van der Waals surface area contributed by atoms with Crippen molar-refractivity contribution in [3.05, 3.63) is 34.4 Å². The molecule has 0 amide bonds. The van der Waals surface area contributed by atoms with Crippen LogP contribution < -0.4 is 9.62 Å². The molecule has 1 aromatic carbocycles. The first-order valence-corrected chi connectivity index (χ1v) is 8.13. The summed E-state index contributed by atoms with van der Waals surface area (Å²) in [6.07, 6.45) is 0. The van der Waals surface area contributed by atoms with Crippen molar-refractivity contribution in [1.29, 1.82) is 0 Å². The number of nitro groups is 1. The third-order valence-electron chi connectivity index (χ3n) is 3.32. The standard InChI is InChI=1S/C12H17N3O5S/c16-15(17)11-3-1-2-4-12(11)21(18,19)13-5-6-14-7-9-20-10-8-14/h1-4,13H,5-10H2/p+1. The Kier molecular flexibility index (Phi) is 5.23. The Morgan fingerprint density at radius 1 is 1.29 bits per heavy atom. The van der Waals surface area contributed by atoms with Crippen LogP contribution in [-0.2, 0) is 14.8 Å². The molecule has 0 atom stereocenters. The fourth-order valence-electron chi connectivity index (χ4n) is 2.19. The van der Waals surface area contributed by atoms with Gasteiger partial charge in [0.25, 0.3) is 5.69 Å². The van der Waals surface area contributed by atoms with Crippen LogP contribution in [0.2, 0.25) is 0 Å². The lowest BCUT2D eigenvalue weighted by molar-refractivity contribution is -0.906. The molecule has 2 rings (SSSR count). The van der Waals surface area contributed by atoms with E-state index in [0.717, 1.165) is 13.1 Å². The van der Waals surface area contributed by atoms with Gasteiger partial charge in [-0.3, -0.25) is 10.1 Å². The monoisotopic (exact) mass is 316 g/mol. The predicted octanol–water partition coefficient (Wildman–Crippen LogP) is -1.21. The van der Waals surface area contributed by atoms with Crippen LogP contribution in [0.4, 0.5) is 5.69 Å². The van der Waals surface area contributed by atoms with Crippen LogP contribution in [0.1, 0.15) is 0 Å². The second-order valence-electron chi connectivity index (χ2n) is 4.73. The summed E-state index contributed by atoms with van der Waals surface area (Å²) >= 11 is 0.